The molecule has 6 nitrogen and oxygen atoms in total. The lowest BCUT2D eigenvalue weighted by atomic mass is 10.0. The first-order valence-corrected chi connectivity index (χ1v) is 9.94. The normalized spacial score (nSPS) is 28.2. The lowest BCUT2D eigenvalue weighted by Crippen LogP contribution is -2.36. The SMILES string of the molecule is CC(C)(C)OC(=O)N1CC2CC(Nc3nnc(Cl)cc3C3CC3)C[C@@H]2C1. The Bertz CT molecular complexity index is 687. The third-order valence-electron chi connectivity index (χ3n) is 5.55. The molecule has 0 radical (unpaired) electrons. The minimum Gasteiger partial charge on any atom is -0.444 e. The van der Waals surface area contributed by atoms with Crippen LogP contribution in [0.15, 0.2) is 6.07 Å². The first-order chi connectivity index (χ1) is 12.3. The Labute approximate surface area is 159 Å². The molecule has 1 N–H and O–H groups in total. The van der Waals surface area contributed by atoms with Gasteiger partial charge in [-0.25, -0.2) is 4.79 Å². The number of amides is 1. The number of fused-ring (bicyclic) bond motifs is 1. The summed E-state index contributed by atoms with van der Waals surface area (Å²) in [5, 5.41) is 12.4. The van der Waals surface area contributed by atoms with Gasteiger partial charge in [0.2, 0.25) is 0 Å². The highest BCUT2D eigenvalue weighted by atomic mass is 35.5. The van der Waals surface area contributed by atoms with Gasteiger partial charge in [-0.3, -0.25) is 0 Å². The molecule has 3 aliphatic rings. The van der Waals surface area contributed by atoms with Gasteiger partial charge in [-0.1, -0.05) is 11.6 Å². The van der Waals surface area contributed by atoms with Crippen LogP contribution >= 0.6 is 11.6 Å². The molecule has 1 aromatic heterocycles. The highest BCUT2D eigenvalue weighted by molar-refractivity contribution is 6.29. The highest BCUT2D eigenvalue weighted by Crippen LogP contribution is 2.45. The summed E-state index contributed by atoms with van der Waals surface area (Å²) in [7, 11) is 0. The number of anilines is 1. The Balaban J connectivity index is 1.35. The average molecular weight is 379 g/mol. The predicted octanol–water partition coefficient (Wildman–Crippen LogP) is 4.06. The van der Waals surface area contributed by atoms with E-state index < -0.39 is 5.60 Å². The summed E-state index contributed by atoms with van der Waals surface area (Å²) >= 11 is 6.02. The third kappa shape index (κ3) is 3.90. The molecule has 1 aliphatic heterocycles. The van der Waals surface area contributed by atoms with E-state index in [1.54, 1.807) is 0 Å². The molecular formula is C19H27ClN4O2. The van der Waals surface area contributed by atoms with Crippen LogP contribution in [0.2, 0.25) is 5.15 Å². The van der Waals surface area contributed by atoms with Crippen molar-refractivity contribution < 1.29 is 9.53 Å². The van der Waals surface area contributed by atoms with Crippen molar-refractivity contribution in [2.24, 2.45) is 11.8 Å². The molecule has 142 valence electrons. The Morgan fingerprint density at radius 3 is 2.46 bits per heavy atom. The van der Waals surface area contributed by atoms with Gasteiger partial charge in [0.05, 0.1) is 0 Å². The summed E-state index contributed by atoms with van der Waals surface area (Å²) in [6, 6.07) is 2.34. The van der Waals surface area contributed by atoms with Crippen LogP contribution in [-0.4, -0.2) is 45.9 Å². The largest absolute Gasteiger partial charge is 0.444 e. The van der Waals surface area contributed by atoms with E-state index in [0.29, 0.717) is 28.9 Å². The quantitative estimate of drug-likeness (QED) is 0.858. The molecule has 26 heavy (non-hydrogen) atoms. The Kier molecular flexibility index (Phi) is 4.49. The Morgan fingerprint density at radius 2 is 1.88 bits per heavy atom. The molecule has 1 aromatic rings. The maximum absolute atomic E-state index is 12.3. The van der Waals surface area contributed by atoms with Crippen LogP contribution in [0.25, 0.3) is 0 Å². The molecule has 3 atom stereocenters. The van der Waals surface area contributed by atoms with Crippen LogP contribution in [0.4, 0.5) is 10.6 Å². The van der Waals surface area contributed by atoms with Crippen molar-refractivity contribution >= 4 is 23.5 Å². The Hall–Kier alpha value is -1.56. The molecule has 0 bridgehead atoms. The van der Waals surface area contributed by atoms with E-state index >= 15 is 0 Å². The lowest BCUT2D eigenvalue weighted by molar-refractivity contribution is 0.0280. The van der Waals surface area contributed by atoms with Crippen LogP contribution in [-0.2, 0) is 4.74 Å². The molecule has 4 rings (SSSR count). The van der Waals surface area contributed by atoms with Gasteiger partial charge in [-0.15, -0.1) is 10.2 Å². The van der Waals surface area contributed by atoms with Crippen molar-refractivity contribution in [2.45, 2.75) is 64.0 Å². The van der Waals surface area contributed by atoms with E-state index in [0.717, 1.165) is 31.7 Å². The van der Waals surface area contributed by atoms with Crippen molar-refractivity contribution in [3.63, 3.8) is 0 Å². The van der Waals surface area contributed by atoms with Crippen molar-refractivity contribution in [3.05, 3.63) is 16.8 Å². The number of ether oxygens (including phenoxy) is 1. The van der Waals surface area contributed by atoms with Gasteiger partial charge in [0.1, 0.15) is 5.60 Å². The van der Waals surface area contributed by atoms with Crippen LogP contribution in [0.1, 0.15) is 57.9 Å². The van der Waals surface area contributed by atoms with Gasteiger partial charge in [0.15, 0.2) is 11.0 Å². The third-order valence-corrected chi connectivity index (χ3v) is 5.74. The van der Waals surface area contributed by atoms with E-state index in [9.17, 15) is 4.79 Å². The smallest absolute Gasteiger partial charge is 0.410 e. The zero-order chi connectivity index (χ0) is 18.5. The first-order valence-electron chi connectivity index (χ1n) is 9.56. The number of rotatable bonds is 3. The number of likely N-dealkylation sites (tertiary alicyclic amines) is 1. The molecule has 2 unspecified atom stereocenters. The first kappa shape index (κ1) is 17.8. The fourth-order valence-corrected chi connectivity index (χ4v) is 4.44. The number of nitrogens with zero attached hydrogens (tertiary/aromatic N) is 3. The number of carbonyl (C=O) groups is 1. The van der Waals surface area contributed by atoms with Gasteiger partial charge < -0.3 is 15.0 Å². The summed E-state index contributed by atoms with van der Waals surface area (Å²) in [6.45, 7) is 7.31. The van der Waals surface area contributed by atoms with Gasteiger partial charge in [-0.2, -0.15) is 0 Å². The number of carbonyl (C=O) groups excluding carboxylic acids is 1. The molecule has 3 fully saturated rings. The second-order valence-electron chi connectivity index (χ2n) is 8.96. The van der Waals surface area contributed by atoms with Gasteiger partial charge in [-0.05, 0) is 70.3 Å². The van der Waals surface area contributed by atoms with Crippen molar-refractivity contribution in [3.8, 4) is 0 Å². The van der Waals surface area contributed by atoms with Crippen LogP contribution in [0.5, 0.6) is 0 Å². The van der Waals surface area contributed by atoms with Gasteiger partial charge in [0.25, 0.3) is 0 Å². The number of hydrogen-bond donors (Lipinski definition) is 1. The second-order valence-corrected chi connectivity index (χ2v) is 9.35. The number of halogens is 1. The molecule has 0 spiro atoms. The molecule has 7 heteroatoms. The molecule has 0 aromatic carbocycles. The average Bonchev–Trinajstić information content (AvgIpc) is 3.19. The van der Waals surface area contributed by atoms with E-state index in [1.165, 1.54) is 18.4 Å². The summed E-state index contributed by atoms with van der Waals surface area (Å²) < 4.78 is 5.51. The van der Waals surface area contributed by atoms with E-state index in [4.69, 9.17) is 16.3 Å². The van der Waals surface area contributed by atoms with Crippen LogP contribution < -0.4 is 5.32 Å². The zero-order valence-electron chi connectivity index (χ0n) is 15.7. The van der Waals surface area contributed by atoms with Gasteiger partial charge >= 0.3 is 6.09 Å². The van der Waals surface area contributed by atoms with Crippen molar-refractivity contribution in [2.75, 3.05) is 18.4 Å². The standard InChI is InChI=1S/C19H27ClN4O2/c1-19(2,3)26-18(25)24-9-12-6-14(7-13(12)10-24)21-17-15(11-4-5-11)8-16(20)22-23-17/h8,11-14H,4-7,9-10H2,1-3H3,(H,21,23)/t12-,13?,14?/m1/s1. The molecule has 2 saturated carbocycles. The maximum atomic E-state index is 12.3. The minimum absolute atomic E-state index is 0.184. The van der Waals surface area contributed by atoms with Crippen molar-refractivity contribution in [1.82, 2.24) is 15.1 Å². The van der Waals surface area contributed by atoms with Crippen LogP contribution in [0, 0.1) is 11.8 Å². The number of nitrogens with one attached hydrogen (secondary N) is 1. The molecule has 2 aliphatic carbocycles. The monoisotopic (exact) mass is 378 g/mol. The predicted molar refractivity (Wildman–Crippen MR) is 100 cm³/mol. The van der Waals surface area contributed by atoms with Crippen LogP contribution in [0.3, 0.4) is 0 Å². The summed E-state index contributed by atoms with van der Waals surface area (Å²) in [6.07, 6.45) is 4.34. The number of aromatic nitrogens is 2. The fourth-order valence-electron chi connectivity index (χ4n) is 4.29. The zero-order valence-corrected chi connectivity index (χ0v) is 16.4. The van der Waals surface area contributed by atoms with Gasteiger partial charge in [0, 0.05) is 24.7 Å². The lowest BCUT2D eigenvalue weighted by Gasteiger charge is -2.25. The second kappa shape index (κ2) is 6.55. The summed E-state index contributed by atoms with van der Waals surface area (Å²) in [4.78, 5) is 14.1. The maximum Gasteiger partial charge on any atom is 0.410 e. The topological polar surface area (TPSA) is 67.3 Å². The molecule has 1 amide bonds. The molecular weight excluding hydrogens is 352 g/mol. The molecule has 1 saturated heterocycles. The van der Waals surface area contributed by atoms with Crippen molar-refractivity contribution in [1.29, 1.82) is 0 Å². The number of hydrogen-bond acceptors (Lipinski definition) is 5. The van der Waals surface area contributed by atoms with E-state index in [2.05, 4.69) is 15.5 Å². The van der Waals surface area contributed by atoms with E-state index in [1.807, 2.05) is 31.7 Å². The Morgan fingerprint density at radius 1 is 1.23 bits per heavy atom. The highest BCUT2D eigenvalue weighted by Gasteiger charge is 2.43. The van der Waals surface area contributed by atoms with E-state index in [-0.39, 0.29) is 6.09 Å². The molecule has 2 heterocycles. The fraction of sp³-hybridized carbons (Fsp3) is 0.737. The minimum atomic E-state index is -0.439. The summed E-state index contributed by atoms with van der Waals surface area (Å²) in [5.41, 5.74) is 0.767. The summed E-state index contributed by atoms with van der Waals surface area (Å²) in [5.74, 6) is 2.54.